The third-order valence-corrected chi connectivity index (χ3v) is 11.3. The van der Waals surface area contributed by atoms with Gasteiger partial charge in [0, 0.05) is 31.9 Å². The molecule has 0 unspecified atom stereocenters. The van der Waals surface area contributed by atoms with E-state index >= 15 is 0 Å². The van der Waals surface area contributed by atoms with Crippen LogP contribution in [0.5, 0.6) is 0 Å². The molecular formula is C60H114N4O26. The summed E-state index contributed by atoms with van der Waals surface area (Å²) in [7, 11) is 1.25. The molecule has 0 fully saturated rings. The number of esters is 1. The Morgan fingerprint density at radius 1 is 0.433 bits per heavy atom. The van der Waals surface area contributed by atoms with Crippen LogP contribution in [0.25, 0.3) is 0 Å². The number of hydrogen-bond acceptors (Lipinski definition) is 27. The number of hydrogen-bond donors (Lipinski definition) is 3. The predicted octanol–water partition coefficient (Wildman–Crippen LogP) is 3.02. The van der Waals surface area contributed by atoms with Crippen LogP contribution < -0.4 is 16.4 Å². The van der Waals surface area contributed by atoms with E-state index in [0.29, 0.717) is 189 Å². The maximum Gasteiger partial charge on any atom is 0.444 e. The topological polar surface area (TPSA) is 340 Å². The summed E-state index contributed by atoms with van der Waals surface area (Å²) in [6.45, 7) is 24.1. The molecular weight excluding hydrogens is 1190 g/mol. The summed E-state index contributed by atoms with van der Waals surface area (Å²) in [4.78, 5) is 81.8. The van der Waals surface area contributed by atoms with Gasteiger partial charge < -0.3 is 106 Å². The lowest BCUT2D eigenvalue weighted by Crippen LogP contribution is -2.44. The lowest BCUT2D eigenvalue weighted by Gasteiger charge is -2.27. The lowest BCUT2D eigenvalue weighted by atomic mass is 9.91. The van der Waals surface area contributed by atoms with Crippen molar-refractivity contribution in [3.05, 3.63) is 0 Å². The number of nitrogens with one attached hydrogen (secondary N) is 2. The van der Waals surface area contributed by atoms with Gasteiger partial charge in [-0.1, -0.05) is 12.0 Å². The fourth-order valence-electron chi connectivity index (χ4n) is 7.00. The zero-order chi connectivity index (χ0) is 66.5. The van der Waals surface area contributed by atoms with Crippen molar-refractivity contribution >= 4 is 35.8 Å². The third kappa shape index (κ3) is 59.1. The van der Waals surface area contributed by atoms with E-state index in [9.17, 15) is 28.8 Å². The van der Waals surface area contributed by atoms with E-state index in [0.717, 1.165) is 13.0 Å². The highest BCUT2D eigenvalue weighted by molar-refractivity contribution is 5.93. The fourth-order valence-corrected chi connectivity index (χ4v) is 7.00. The van der Waals surface area contributed by atoms with Gasteiger partial charge in [-0.25, -0.2) is 9.59 Å². The van der Waals surface area contributed by atoms with E-state index in [1.54, 1.807) is 41.5 Å². The number of carbonyl (C=O) groups excluding carboxylic acids is 6. The van der Waals surface area contributed by atoms with Gasteiger partial charge in [-0.15, -0.1) is 0 Å². The van der Waals surface area contributed by atoms with Crippen molar-refractivity contribution in [2.45, 2.75) is 111 Å². The first kappa shape index (κ1) is 86.1. The van der Waals surface area contributed by atoms with Crippen molar-refractivity contribution in [1.29, 1.82) is 0 Å². The molecule has 0 aliphatic rings. The molecule has 530 valence electrons. The number of imide groups is 1. The second kappa shape index (κ2) is 61.3. The van der Waals surface area contributed by atoms with Gasteiger partial charge in [0.25, 0.3) is 0 Å². The molecule has 0 saturated carbocycles. The Kier molecular flexibility index (Phi) is 58.6. The molecule has 0 bridgehead atoms. The lowest BCUT2D eigenvalue weighted by molar-refractivity contribution is -0.148. The standard InChI is InChI=1S/C60H114N4O26/c1-9-17-72-19-21-74-23-25-83-41-42-85-45-46-87-50-54(66)63-52(12-10-11-15-61)53(65)49-51(13-14-55(67)71-8)56(68)62-16-18-73-20-22-75-24-26-76-27-28-77-29-30-78-31-32-79-33-34-80-35-36-81-37-38-82-39-40-84-43-44-86-47-48-88-64(57(69)89-59(2,3)4)58(70)90-60(5,6)7/h51-52H,9-50,61H2,1-8H3,(H,62,68)(H,63,66)/t51-,52+/m1/s1. The van der Waals surface area contributed by atoms with Gasteiger partial charge in [-0.3, -0.25) is 24.0 Å². The molecule has 0 saturated heterocycles. The molecule has 0 aliphatic carbocycles. The zero-order valence-corrected chi connectivity index (χ0v) is 55.5. The van der Waals surface area contributed by atoms with E-state index in [1.807, 2.05) is 6.92 Å². The number of methoxy groups -OCH3 is 1. The number of rotatable bonds is 65. The number of nitrogens with zero attached hydrogens (tertiary/aromatic N) is 1. The largest absolute Gasteiger partial charge is 0.469 e. The van der Waals surface area contributed by atoms with E-state index in [-0.39, 0.29) is 84.4 Å². The van der Waals surface area contributed by atoms with Gasteiger partial charge in [0.15, 0.2) is 5.78 Å². The molecule has 0 aromatic rings. The molecule has 2 atom stereocenters. The smallest absolute Gasteiger partial charge is 0.444 e. The summed E-state index contributed by atoms with van der Waals surface area (Å²) in [6, 6.07) is -0.874. The molecule has 4 N–H and O–H groups in total. The predicted molar refractivity (Wildman–Crippen MR) is 326 cm³/mol. The average molecular weight is 1310 g/mol. The first-order valence-corrected chi connectivity index (χ1v) is 31.4. The van der Waals surface area contributed by atoms with Gasteiger partial charge in [-0.2, -0.15) is 0 Å². The Balaban J connectivity index is 3.92. The van der Waals surface area contributed by atoms with Gasteiger partial charge in [-0.05, 0) is 80.2 Å². The maximum absolute atomic E-state index is 13.6. The number of unbranched alkanes of at least 4 members (excludes halogenated alkanes) is 1. The molecule has 0 radical (unpaired) electrons. The number of amides is 4. The SMILES string of the molecule is CCCOCCOCCOCCOCCOCC(=O)N[C@@H](CCCCN)C(=O)C[C@@H](CCC(=O)OC)C(=O)NCCOCCOCCOCCOCCOCCOCCOCCOCCOCCOCCOCCON(C(=O)OC(C)(C)C)C(=O)OC(C)(C)C. The number of nitrogens with two attached hydrogens (primary N) is 1. The number of hydroxylamine groups is 2. The molecule has 30 nitrogen and oxygen atoms in total. The summed E-state index contributed by atoms with van der Waals surface area (Å²) < 4.78 is 103. The van der Waals surface area contributed by atoms with Gasteiger partial charge >= 0.3 is 18.2 Å². The van der Waals surface area contributed by atoms with Crippen molar-refractivity contribution in [3.63, 3.8) is 0 Å². The molecule has 0 spiro atoms. The molecule has 30 heteroatoms. The van der Waals surface area contributed by atoms with E-state index in [2.05, 4.69) is 10.6 Å². The number of ketones is 1. The Morgan fingerprint density at radius 3 is 1.10 bits per heavy atom. The quantitative estimate of drug-likeness (QED) is 0.0341. The summed E-state index contributed by atoms with van der Waals surface area (Å²) in [5.74, 6) is -2.62. The van der Waals surface area contributed by atoms with Gasteiger partial charge in [0.1, 0.15) is 17.8 Å². The Bertz CT molecular complexity index is 1700. The van der Waals surface area contributed by atoms with Crippen molar-refractivity contribution in [1.82, 2.24) is 15.7 Å². The number of Topliss-reactive ketones (excluding diaryl/α,β-unsaturated/α-hetero) is 1. The van der Waals surface area contributed by atoms with E-state index in [1.165, 1.54) is 7.11 Å². The second-order valence-corrected chi connectivity index (χ2v) is 21.5. The zero-order valence-electron chi connectivity index (χ0n) is 55.5. The van der Waals surface area contributed by atoms with Crippen LogP contribution in [-0.2, 0) is 114 Å². The Hall–Kier alpha value is -3.90. The van der Waals surface area contributed by atoms with Gasteiger partial charge in [0.2, 0.25) is 11.8 Å². The maximum atomic E-state index is 13.6. The van der Waals surface area contributed by atoms with Crippen LogP contribution in [0, 0.1) is 5.92 Å². The van der Waals surface area contributed by atoms with Gasteiger partial charge in [0.05, 0.1) is 218 Å². The highest BCUT2D eigenvalue weighted by Gasteiger charge is 2.33. The normalized spacial score (nSPS) is 12.4. The molecule has 0 aliphatic heterocycles. The number of carbonyl (C=O) groups is 6. The summed E-state index contributed by atoms with van der Waals surface area (Å²) in [6.07, 6.45) is 0.344. The average Bonchev–Trinajstić information content (AvgIpc) is 3.48. The Morgan fingerprint density at radius 2 is 0.767 bits per heavy atom. The minimum absolute atomic E-state index is 0.0692. The second-order valence-electron chi connectivity index (χ2n) is 21.5. The third-order valence-electron chi connectivity index (χ3n) is 11.3. The molecule has 0 aromatic carbocycles. The monoisotopic (exact) mass is 1310 g/mol. The highest BCUT2D eigenvalue weighted by Crippen LogP contribution is 2.18. The minimum atomic E-state index is -0.986. The summed E-state index contributed by atoms with van der Waals surface area (Å²) >= 11 is 0. The first-order chi connectivity index (χ1) is 43.4. The molecule has 0 heterocycles. The van der Waals surface area contributed by atoms with Crippen LogP contribution in [0.3, 0.4) is 0 Å². The van der Waals surface area contributed by atoms with Crippen molar-refractivity contribution in [2.24, 2.45) is 11.7 Å². The van der Waals surface area contributed by atoms with Crippen LogP contribution in [0.2, 0.25) is 0 Å². The van der Waals surface area contributed by atoms with Crippen LogP contribution in [-0.4, -0.2) is 296 Å². The first-order valence-electron chi connectivity index (χ1n) is 31.4. The van der Waals surface area contributed by atoms with E-state index in [4.69, 9.17) is 101 Å². The van der Waals surface area contributed by atoms with Crippen LogP contribution in [0.15, 0.2) is 0 Å². The molecule has 0 aromatic heterocycles. The van der Waals surface area contributed by atoms with E-state index < -0.39 is 53.1 Å². The molecule has 0 rings (SSSR count). The van der Waals surface area contributed by atoms with Crippen LogP contribution in [0.4, 0.5) is 9.59 Å². The summed E-state index contributed by atoms with van der Waals surface area (Å²) in [5, 5.41) is 5.98. The minimum Gasteiger partial charge on any atom is -0.469 e. The number of ether oxygens (including phenoxy) is 19. The fraction of sp³-hybridized carbons (Fsp3) is 0.900. The van der Waals surface area contributed by atoms with Crippen molar-refractivity contribution < 1.29 is 124 Å². The highest BCUT2D eigenvalue weighted by atomic mass is 16.8. The van der Waals surface area contributed by atoms with Crippen molar-refractivity contribution in [2.75, 3.05) is 238 Å². The summed E-state index contributed by atoms with van der Waals surface area (Å²) in [5.41, 5.74) is 4.01. The molecule has 90 heavy (non-hydrogen) atoms. The molecule has 4 amide bonds. The van der Waals surface area contributed by atoms with Crippen LogP contribution in [0.1, 0.15) is 93.4 Å². The van der Waals surface area contributed by atoms with Crippen molar-refractivity contribution in [3.8, 4) is 0 Å². The Labute approximate surface area is 534 Å². The van der Waals surface area contributed by atoms with Crippen LogP contribution >= 0.6 is 0 Å².